The molecule has 0 saturated heterocycles. The zero-order valence-corrected chi connectivity index (χ0v) is 8.55. The van der Waals surface area contributed by atoms with E-state index < -0.39 is 5.97 Å². The van der Waals surface area contributed by atoms with Gasteiger partial charge in [-0.1, -0.05) is 0 Å². The minimum Gasteiger partial charge on any atom is -0.476 e. The van der Waals surface area contributed by atoms with Gasteiger partial charge in [0.05, 0.1) is 0 Å². The SMILES string of the molecule is CN(CC1CC1)c1nccnc1C(=O)O. The van der Waals surface area contributed by atoms with Gasteiger partial charge in [0.15, 0.2) is 11.5 Å². The van der Waals surface area contributed by atoms with Crippen LogP contribution in [-0.4, -0.2) is 34.6 Å². The summed E-state index contributed by atoms with van der Waals surface area (Å²) in [6, 6.07) is 0. The van der Waals surface area contributed by atoms with Crippen LogP contribution in [-0.2, 0) is 0 Å². The van der Waals surface area contributed by atoms with Crippen LogP contribution in [0.1, 0.15) is 23.3 Å². The number of aromatic nitrogens is 2. The lowest BCUT2D eigenvalue weighted by molar-refractivity contribution is 0.0690. The average molecular weight is 207 g/mol. The molecule has 1 aromatic rings. The van der Waals surface area contributed by atoms with Crippen molar-refractivity contribution in [3.05, 3.63) is 18.1 Å². The van der Waals surface area contributed by atoms with Crippen molar-refractivity contribution < 1.29 is 9.90 Å². The molecule has 0 atom stereocenters. The van der Waals surface area contributed by atoms with E-state index in [-0.39, 0.29) is 5.69 Å². The summed E-state index contributed by atoms with van der Waals surface area (Å²) in [7, 11) is 1.86. The molecule has 1 saturated carbocycles. The molecule has 0 aromatic carbocycles. The van der Waals surface area contributed by atoms with Crippen LogP contribution >= 0.6 is 0 Å². The summed E-state index contributed by atoms with van der Waals surface area (Å²) in [6.07, 6.45) is 5.38. The van der Waals surface area contributed by atoms with Crippen LogP contribution in [0.2, 0.25) is 0 Å². The molecular formula is C10H13N3O2. The predicted octanol–water partition coefficient (Wildman–Crippen LogP) is 1.02. The van der Waals surface area contributed by atoms with E-state index in [1.165, 1.54) is 25.2 Å². The molecule has 1 aliphatic rings. The van der Waals surface area contributed by atoms with Gasteiger partial charge in [-0.3, -0.25) is 0 Å². The van der Waals surface area contributed by atoms with Gasteiger partial charge >= 0.3 is 5.97 Å². The molecule has 0 aliphatic heterocycles. The molecule has 1 fully saturated rings. The monoisotopic (exact) mass is 207 g/mol. The lowest BCUT2D eigenvalue weighted by atomic mass is 10.3. The van der Waals surface area contributed by atoms with Crippen molar-refractivity contribution in [2.45, 2.75) is 12.8 Å². The van der Waals surface area contributed by atoms with Crippen molar-refractivity contribution in [2.24, 2.45) is 5.92 Å². The molecule has 1 aliphatic carbocycles. The van der Waals surface area contributed by atoms with E-state index in [1.54, 1.807) is 0 Å². The van der Waals surface area contributed by atoms with Gasteiger partial charge in [0.25, 0.3) is 0 Å². The number of carboxylic acid groups (broad SMARTS) is 1. The molecule has 5 heteroatoms. The maximum absolute atomic E-state index is 10.9. The summed E-state index contributed by atoms with van der Waals surface area (Å²) in [5.74, 6) is 0.122. The Balaban J connectivity index is 2.20. The van der Waals surface area contributed by atoms with Gasteiger partial charge in [-0.05, 0) is 18.8 Å². The van der Waals surface area contributed by atoms with Crippen molar-refractivity contribution >= 4 is 11.8 Å². The lowest BCUT2D eigenvalue weighted by Crippen LogP contribution is -2.24. The maximum Gasteiger partial charge on any atom is 0.358 e. The van der Waals surface area contributed by atoms with Crippen LogP contribution in [0.15, 0.2) is 12.4 Å². The Hall–Kier alpha value is -1.65. The summed E-state index contributed by atoms with van der Waals surface area (Å²) in [5, 5.41) is 8.94. The Morgan fingerprint density at radius 2 is 2.20 bits per heavy atom. The number of hydrogen-bond acceptors (Lipinski definition) is 4. The number of rotatable bonds is 4. The van der Waals surface area contributed by atoms with Crippen molar-refractivity contribution in [1.82, 2.24) is 9.97 Å². The maximum atomic E-state index is 10.9. The molecule has 0 amide bonds. The molecule has 1 heterocycles. The summed E-state index contributed by atoms with van der Waals surface area (Å²) in [5.41, 5.74) is 0.0284. The number of hydrogen-bond donors (Lipinski definition) is 1. The highest BCUT2D eigenvalue weighted by Gasteiger charge is 2.25. The second-order valence-corrected chi connectivity index (χ2v) is 3.86. The topological polar surface area (TPSA) is 66.3 Å². The van der Waals surface area contributed by atoms with Gasteiger partial charge in [-0.15, -0.1) is 0 Å². The lowest BCUT2D eigenvalue weighted by Gasteiger charge is -2.18. The Labute approximate surface area is 87.8 Å². The van der Waals surface area contributed by atoms with Gasteiger partial charge in [0.1, 0.15) is 0 Å². The minimum atomic E-state index is -1.03. The molecule has 1 N–H and O–H groups in total. The smallest absolute Gasteiger partial charge is 0.358 e. The quantitative estimate of drug-likeness (QED) is 0.798. The molecule has 15 heavy (non-hydrogen) atoms. The van der Waals surface area contributed by atoms with Gasteiger partial charge in [-0.25, -0.2) is 14.8 Å². The molecule has 1 aromatic heterocycles. The summed E-state index contributed by atoms with van der Waals surface area (Å²) in [4.78, 5) is 20.7. The highest BCUT2D eigenvalue weighted by Crippen LogP contribution is 2.30. The summed E-state index contributed by atoms with van der Waals surface area (Å²) in [6.45, 7) is 0.860. The first-order valence-corrected chi connectivity index (χ1v) is 4.94. The van der Waals surface area contributed by atoms with Crippen molar-refractivity contribution in [2.75, 3.05) is 18.5 Å². The first kappa shape index (κ1) is 9.89. The minimum absolute atomic E-state index is 0.0284. The highest BCUT2D eigenvalue weighted by atomic mass is 16.4. The largest absolute Gasteiger partial charge is 0.476 e. The number of aromatic carboxylic acids is 1. The first-order chi connectivity index (χ1) is 7.18. The van der Waals surface area contributed by atoms with E-state index in [0.29, 0.717) is 11.7 Å². The Morgan fingerprint density at radius 3 is 2.80 bits per heavy atom. The molecule has 0 radical (unpaired) electrons. The average Bonchev–Trinajstić information content (AvgIpc) is 3.01. The molecule has 0 spiro atoms. The zero-order chi connectivity index (χ0) is 10.8. The van der Waals surface area contributed by atoms with E-state index >= 15 is 0 Å². The standard InChI is InChI=1S/C10H13N3O2/c1-13(6-7-2-3-7)9-8(10(14)15)11-4-5-12-9/h4-5,7H,2-3,6H2,1H3,(H,14,15). The van der Waals surface area contributed by atoms with Gasteiger partial charge < -0.3 is 10.0 Å². The van der Waals surface area contributed by atoms with E-state index in [1.807, 2.05) is 11.9 Å². The third-order valence-electron chi connectivity index (χ3n) is 2.47. The first-order valence-electron chi connectivity index (χ1n) is 4.94. The fourth-order valence-corrected chi connectivity index (χ4v) is 1.54. The van der Waals surface area contributed by atoms with E-state index in [9.17, 15) is 4.79 Å². The van der Waals surface area contributed by atoms with Crippen LogP contribution in [0.3, 0.4) is 0 Å². The Morgan fingerprint density at radius 1 is 1.53 bits per heavy atom. The zero-order valence-electron chi connectivity index (χ0n) is 8.55. The van der Waals surface area contributed by atoms with E-state index in [2.05, 4.69) is 9.97 Å². The van der Waals surface area contributed by atoms with Gasteiger partial charge in [0, 0.05) is 26.0 Å². The molecule has 80 valence electrons. The van der Waals surface area contributed by atoms with E-state index in [0.717, 1.165) is 6.54 Å². The van der Waals surface area contributed by atoms with Crippen molar-refractivity contribution in [3.8, 4) is 0 Å². The molecule has 0 unspecified atom stereocenters. The van der Waals surface area contributed by atoms with Crippen molar-refractivity contribution in [3.63, 3.8) is 0 Å². The molecule has 5 nitrogen and oxygen atoms in total. The Bertz CT molecular complexity index is 377. The second-order valence-electron chi connectivity index (χ2n) is 3.86. The number of carboxylic acids is 1. The van der Waals surface area contributed by atoms with Gasteiger partial charge in [-0.2, -0.15) is 0 Å². The van der Waals surface area contributed by atoms with E-state index in [4.69, 9.17) is 5.11 Å². The van der Waals surface area contributed by atoms with Crippen LogP contribution in [0, 0.1) is 5.92 Å². The third-order valence-corrected chi connectivity index (χ3v) is 2.47. The van der Waals surface area contributed by atoms with Crippen LogP contribution < -0.4 is 4.90 Å². The van der Waals surface area contributed by atoms with Crippen LogP contribution in [0.5, 0.6) is 0 Å². The molecule has 2 rings (SSSR count). The van der Waals surface area contributed by atoms with Crippen LogP contribution in [0.25, 0.3) is 0 Å². The highest BCUT2D eigenvalue weighted by molar-refractivity contribution is 5.90. The number of anilines is 1. The molecular weight excluding hydrogens is 194 g/mol. The molecule has 0 bridgehead atoms. The fourth-order valence-electron chi connectivity index (χ4n) is 1.54. The Kier molecular flexibility index (Phi) is 2.53. The summed E-state index contributed by atoms with van der Waals surface area (Å²) >= 11 is 0. The number of carbonyl (C=O) groups is 1. The second kappa shape index (κ2) is 3.84. The third kappa shape index (κ3) is 2.23. The van der Waals surface area contributed by atoms with Gasteiger partial charge in [0.2, 0.25) is 0 Å². The fraction of sp³-hybridized carbons (Fsp3) is 0.500. The number of nitrogens with zero attached hydrogens (tertiary/aromatic N) is 3. The van der Waals surface area contributed by atoms with Crippen LogP contribution in [0.4, 0.5) is 5.82 Å². The normalized spacial score (nSPS) is 15.0. The van der Waals surface area contributed by atoms with Crippen molar-refractivity contribution in [1.29, 1.82) is 0 Å². The predicted molar refractivity (Wildman–Crippen MR) is 55.0 cm³/mol. The summed E-state index contributed by atoms with van der Waals surface area (Å²) < 4.78 is 0.